The first-order valence-electron chi connectivity index (χ1n) is 8.55. The van der Waals surface area contributed by atoms with E-state index < -0.39 is 0 Å². The zero-order valence-electron chi connectivity index (χ0n) is 13.3. The van der Waals surface area contributed by atoms with E-state index in [4.69, 9.17) is 0 Å². The van der Waals surface area contributed by atoms with Crippen molar-refractivity contribution in [1.82, 2.24) is 10.6 Å². The molecule has 1 aromatic carbocycles. The van der Waals surface area contributed by atoms with Crippen molar-refractivity contribution in [2.75, 3.05) is 31.1 Å². The first kappa shape index (κ1) is 14.7. The molecule has 3 saturated heterocycles. The maximum Gasteiger partial charge on any atom is 0.234 e. The molecule has 0 bridgehead atoms. The Morgan fingerprint density at radius 3 is 2.30 bits per heavy atom. The molecule has 0 aliphatic carbocycles. The van der Waals surface area contributed by atoms with Gasteiger partial charge in [-0.15, -0.1) is 0 Å². The number of benzene rings is 1. The Kier molecular flexibility index (Phi) is 3.60. The number of imide groups is 1. The Morgan fingerprint density at radius 1 is 1.04 bits per heavy atom. The van der Waals surface area contributed by atoms with E-state index in [0.717, 1.165) is 18.7 Å². The molecule has 2 N–H and O–H groups in total. The van der Waals surface area contributed by atoms with Crippen LogP contribution in [0, 0.1) is 5.41 Å². The van der Waals surface area contributed by atoms with E-state index in [1.165, 1.54) is 31.6 Å². The topological polar surface area (TPSA) is 61.4 Å². The summed E-state index contributed by atoms with van der Waals surface area (Å²) in [5.41, 5.74) is 2.81. The number of carbonyl (C=O) groups excluding carboxylic acids is 2. The van der Waals surface area contributed by atoms with Crippen LogP contribution in [-0.4, -0.2) is 38.0 Å². The third-order valence-corrected chi connectivity index (χ3v) is 5.72. The minimum absolute atomic E-state index is 0.157. The van der Waals surface area contributed by atoms with Crippen molar-refractivity contribution in [2.24, 2.45) is 5.41 Å². The molecular formula is C18H23N3O2. The monoisotopic (exact) mass is 313 g/mol. The molecule has 3 heterocycles. The molecule has 3 aliphatic rings. The summed E-state index contributed by atoms with van der Waals surface area (Å²) in [6.07, 6.45) is 3.56. The quantitative estimate of drug-likeness (QED) is 0.810. The van der Waals surface area contributed by atoms with Gasteiger partial charge < -0.3 is 10.2 Å². The Bertz CT molecular complexity index is 612. The van der Waals surface area contributed by atoms with Gasteiger partial charge in [-0.3, -0.25) is 14.9 Å². The lowest BCUT2D eigenvalue weighted by Gasteiger charge is -2.49. The molecule has 0 saturated carbocycles. The van der Waals surface area contributed by atoms with Crippen molar-refractivity contribution in [2.45, 2.75) is 31.6 Å². The summed E-state index contributed by atoms with van der Waals surface area (Å²) in [6.45, 7) is 4.57. The predicted octanol–water partition coefficient (Wildman–Crippen LogP) is 1.40. The van der Waals surface area contributed by atoms with Crippen molar-refractivity contribution in [3.63, 3.8) is 0 Å². The number of nitrogens with one attached hydrogen (secondary N) is 2. The molecule has 4 rings (SSSR count). The minimum atomic E-state index is -0.188. The van der Waals surface area contributed by atoms with Gasteiger partial charge >= 0.3 is 0 Å². The molecule has 3 fully saturated rings. The molecule has 2 amide bonds. The molecule has 0 radical (unpaired) electrons. The zero-order valence-corrected chi connectivity index (χ0v) is 13.3. The lowest BCUT2D eigenvalue weighted by atomic mass is 9.73. The minimum Gasteiger partial charge on any atom is -0.371 e. The highest BCUT2D eigenvalue weighted by Gasteiger charge is 2.39. The van der Waals surface area contributed by atoms with Crippen LogP contribution in [0.1, 0.15) is 37.2 Å². The Hall–Kier alpha value is -1.88. The fourth-order valence-electron chi connectivity index (χ4n) is 4.00. The SMILES string of the molecule is O=C1CC[C@H](c2ccc(N3CCC4(CC3)CNC4)cc2)C(=O)N1. The van der Waals surface area contributed by atoms with Gasteiger partial charge in [-0.25, -0.2) is 0 Å². The van der Waals surface area contributed by atoms with Crippen LogP contribution in [0.2, 0.25) is 0 Å². The predicted molar refractivity (Wildman–Crippen MR) is 88.3 cm³/mol. The largest absolute Gasteiger partial charge is 0.371 e. The lowest BCUT2D eigenvalue weighted by molar-refractivity contribution is -0.134. The Balaban J connectivity index is 1.42. The third kappa shape index (κ3) is 2.74. The number of piperidine rings is 2. The van der Waals surface area contributed by atoms with Crippen LogP contribution in [0.4, 0.5) is 5.69 Å². The van der Waals surface area contributed by atoms with Gasteiger partial charge in [0.2, 0.25) is 11.8 Å². The van der Waals surface area contributed by atoms with Crippen molar-refractivity contribution >= 4 is 17.5 Å². The molecule has 1 atom stereocenters. The van der Waals surface area contributed by atoms with Crippen LogP contribution in [0.25, 0.3) is 0 Å². The van der Waals surface area contributed by atoms with E-state index in [1.54, 1.807) is 0 Å². The first-order chi connectivity index (χ1) is 11.2. The van der Waals surface area contributed by atoms with Crippen LogP contribution < -0.4 is 15.5 Å². The van der Waals surface area contributed by atoms with E-state index in [-0.39, 0.29) is 17.7 Å². The van der Waals surface area contributed by atoms with Crippen LogP contribution in [0.3, 0.4) is 0 Å². The summed E-state index contributed by atoms with van der Waals surface area (Å²) in [6, 6.07) is 8.33. The maximum absolute atomic E-state index is 12.0. The molecule has 3 aliphatic heterocycles. The van der Waals surface area contributed by atoms with Crippen LogP contribution in [0.15, 0.2) is 24.3 Å². The van der Waals surface area contributed by atoms with Gasteiger partial charge in [0.05, 0.1) is 5.92 Å². The molecule has 23 heavy (non-hydrogen) atoms. The molecular weight excluding hydrogens is 290 g/mol. The van der Waals surface area contributed by atoms with Gasteiger partial charge in [0.25, 0.3) is 0 Å². The van der Waals surface area contributed by atoms with Crippen molar-refractivity contribution in [3.05, 3.63) is 29.8 Å². The van der Waals surface area contributed by atoms with Gasteiger partial charge in [0.15, 0.2) is 0 Å². The Morgan fingerprint density at radius 2 is 1.74 bits per heavy atom. The van der Waals surface area contributed by atoms with Gasteiger partial charge in [-0.1, -0.05) is 12.1 Å². The van der Waals surface area contributed by atoms with Crippen molar-refractivity contribution in [3.8, 4) is 0 Å². The molecule has 0 unspecified atom stereocenters. The number of rotatable bonds is 2. The van der Waals surface area contributed by atoms with Crippen molar-refractivity contribution in [1.29, 1.82) is 0 Å². The number of amides is 2. The van der Waals surface area contributed by atoms with E-state index in [9.17, 15) is 9.59 Å². The fraction of sp³-hybridized carbons (Fsp3) is 0.556. The second-order valence-corrected chi connectivity index (χ2v) is 7.19. The Labute approximate surface area is 136 Å². The summed E-state index contributed by atoms with van der Waals surface area (Å²) in [7, 11) is 0. The molecule has 122 valence electrons. The van der Waals surface area contributed by atoms with E-state index >= 15 is 0 Å². The molecule has 1 aromatic rings. The second-order valence-electron chi connectivity index (χ2n) is 7.19. The lowest BCUT2D eigenvalue weighted by Crippen LogP contribution is -2.58. The summed E-state index contributed by atoms with van der Waals surface area (Å²) >= 11 is 0. The van der Waals surface area contributed by atoms with Gasteiger partial charge in [0.1, 0.15) is 0 Å². The number of hydrogen-bond donors (Lipinski definition) is 2. The summed E-state index contributed by atoms with van der Waals surface area (Å²) in [4.78, 5) is 25.6. The van der Waals surface area contributed by atoms with Gasteiger partial charge in [-0.2, -0.15) is 0 Å². The molecule has 1 spiro atoms. The molecule has 5 heteroatoms. The standard InChI is InChI=1S/C18H23N3O2/c22-16-6-5-15(17(23)20-16)13-1-3-14(4-2-13)21-9-7-18(8-10-21)11-19-12-18/h1-4,15,19H,5-12H2,(H,20,22,23)/t15-/m1/s1. The summed E-state index contributed by atoms with van der Waals surface area (Å²) in [5.74, 6) is -0.505. The first-order valence-corrected chi connectivity index (χ1v) is 8.55. The van der Waals surface area contributed by atoms with Crippen molar-refractivity contribution < 1.29 is 9.59 Å². The normalized spacial score (nSPS) is 26.8. The van der Waals surface area contributed by atoms with Crippen LogP contribution in [0.5, 0.6) is 0 Å². The van der Waals surface area contributed by atoms with E-state index in [1.807, 2.05) is 12.1 Å². The number of nitrogens with zero attached hydrogens (tertiary/aromatic N) is 1. The van der Waals surface area contributed by atoms with Crippen LogP contribution in [-0.2, 0) is 9.59 Å². The van der Waals surface area contributed by atoms with E-state index in [0.29, 0.717) is 18.3 Å². The highest BCUT2D eigenvalue weighted by atomic mass is 16.2. The number of hydrogen-bond acceptors (Lipinski definition) is 4. The van der Waals surface area contributed by atoms with Gasteiger partial charge in [-0.05, 0) is 42.4 Å². The highest BCUT2D eigenvalue weighted by Crippen LogP contribution is 2.36. The van der Waals surface area contributed by atoms with Crippen LogP contribution >= 0.6 is 0 Å². The number of carbonyl (C=O) groups is 2. The zero-order chi connectivity index (χ0) is 15.9. The summed E-state index contributed by atoms with van der Waals surface area (Å²) in [5, 5.41) is 5.83. The second kappa shape index (κ2) is 5.64. The van der Waals surface area contributed by atoms with E-state index in [2.05, 4.69) is 27.7 Å². The average molecular weight is 313 g/mol. The fourth-order valence-corrected chi connectivity index (χ4v) is 4.00. The third-order valence-electron chi connectivity index (χ3n) is 5.72. The number of anilines is 1. The molecule has 5 nitrogen and oxygen atoms in total. The maximum atomic E-state index is 12.0. The van der Waals surface area contributed by atoms with Gasteiger partial charge in [0, 0.05) is 38.3 Å². The molecule has 0 aromatic heterocycles. The average Bonchev–Trinajstić information content (AvgIpc) is 2.54. The summed E-state index contributed by atoms with van der Waals surface area (Å²) < 4.78 is 0. The highest BCUT2D eigenvalue weighted by molar-refractivity contribution is 6.00. The smallest absolute Gasteiger partial charge is 0.234 e.